The van der Waals surface area contributed by atoms with Crippen molar-refractivity contribution in [3.8, 4) is 5.88 Å². The average Bonchev–Trinajstić information content (AvgIpc) is 3.15. The predicted octanol–water partition coefficient (Wildman–Crippen LogP) is 3.57. The minimum Gasteiger partial charge on any atom is -0.479 e. The minimum absolute atomic E-state index is 0.181. The lowest BCUT2D eigenvalue weighted by molar-refractivity contribution is 0.0702. The van der Waals surface area contributed by atoms with Crippen LogP contribution >= 0.6 is 0 Å². The smallest absolute Gasteiger partial charge is 0.292 e. The van der Waals surface area contributed by atoms with E-state index in [4.69, 9.17) is 9.26 Å². The highest BCUT2D eigenvalue weighted by molar-refractivity contribution is 5.91. The van der Waals surface area contributed by atoms with E-state index in [2.05, 4.69) is 17.3 Å². The van der Waals surface area contributed by atoms with Crippen molar-refractivity contribution in [2.24, 2.45) is 0 Å². The van der Waals surface area contributed by atoms with E-state index in [9.17, 15) is 4.79 Å². The highest BCUT2D eigenvalue weighted by Crippen LogP contribution is 2.16. The number of carbonyl (C=O) groups excluding carboxylic acids is 1. The van der Waals surface area contributed by atoms with Gasteiger partial charge in [0, 0.05) is 13.1 Å². The van der Waals surface area contributed by atoms with Gasteiger partial charge in [-0.3, -0.25) is 4.79 Å². The van der Waals surface area contributed by atoms with Crippen LogP contribution in [0.2, 0.25) is 0 Å². The maximum atomic E-state index is 12.8. The van der Waals surface area contributed by atoms with Crippen molar-refractivity contribution in [3.05, 3.63) is 83.6 Å². The van der Waals surface area contributed by atoms with Crippen LogP contribution in [0.3, 0.4) is 0 Å². The van der Waals surface area contributed by atoms with Crippen LogP contribution in [0.15, 0.2) is 71.3 Å². The van der Waals surface area contributed by atoms with Crippen LogP contribution < -0.4 is 4.74 Å². The Morgan fingerprint density at radius 1 is 1.04 bits per heavy atom. The van der Waals surface area contributed by atoms with E-state index in [0.717, 1.165) is 12.0 Å². The molecule has 5 heteroatoms. The van der Waals surface area contributed by atoms with Gasteiger partial charge in [0.05, 0.1) is 13.2 Å². The standard InChI is InChI=1S/C20H20N2O3/c1-24-19-14-18(25-21-19)20(23)22(15-17-10-6-3-7-11-17)13-12-16-8-4-2-5-9-16/h2-11,14H,12-13,15H2,1H3. The second-order valence-corrected chi connectivity index (χ2v) is 5.68. The number of rotatable bonds is 7. The number of amides is 1. The lowest BCUT2D eigenvalue weighted by Gasteiger charge is -2.21. The summed E-state index contributed by atoms with van der Waals surface area (Å²) in [5, 5.41) is 3.72. The lowest BCUT2D eigenvalue weighted by atomic mass is 10.1. The molecule has 128 valence electrons. The van der Waals surface area contributed by atoms with Gasteiger partial charge in [-0.2, -0.15) is 0 Å². The number of hydrogen-bond donors (Lipinski definition) is 0. The summed E-state index contributed by atoms with van der Waals surface area (Å²) >= 11 is 0. The second-order valence-electron chi connectivity index (χ2n) is 5.68. The monoisotopic (exact) mass is 336 g/mol. The van der Waals surface area contributed by atoms with Crippen LogP contribution in [0.4, 0.5) is 0 Å². The Balaban J connectivity index is 1.76. The largest absolute Gasteiger partial charge is 0.479 e. The topological polar surface area (TPSA) is 55.6 Å². The van der Waals surface area contributed by atoms with Gasteiger partial charge in [0.1, 0.15) is 0 Å². The van der Waals surface area contributed by atoms with Crippen LogP contribution in [0.5, 0.6) is 5.88 Å². The Morgan fingerprint density at radius 2 is 1.68 bits per heavy atom. The SMILES string of the molecule is COc1cc(C(=O)N(CCc2ccccc2)Cc2ccccc2)on1. The minimum atomic E-state index is -0.199. The van der Waals surface area contributed by atoms with Crippen LogP contribution in [-0.4, -0.2) is 29.6 Å². The number of ether oxygens (including phenoxy) is 1. The number of hydrogen-bond acceptors (Lipinski definition) is 4. The van der Waals surface area contributed by atoms with Gasteiger partial charge in [-0.05, 0) is 22.7 Å². The number of benzene rings is 2. The summed E-state index contributed by atoms with van der Waals surface area (Å²) in [5.74, 6) is 0.280. The molecule has 0 saturated carbocycles. The summed E-state index contributed by atoms with van der Waals surface area (Å²) in [6.07, 6.45) is 0.769. The molecule has 5 nitrogen and oxygen atoms in total. The van der Waals surface area contributed by atoms with Crippen molar-refractivity contribution >= 4 is 5.91 Å². The highest BCUT2D eigenvalue weighted by Gasteiger charge is 2.21. The predicted molar refractivity (Wildman–Crippen MR) is 94.4 cm³/mol. The molecule has 0 bridgehead atoms. The Hall–Kier alpha value is -3.08. The van der Waals surface area contributed by atoms with Crippen molar-refractivity contribution in [2.45, 2.75) is 13.0 Å². The van der Waals surface area contributed by atoms with Crippen LogP contribution in [0.25, 0.3) is 0 Å². The zero-order valence-corrected chi connectivity index (χ0v) is 14.1. The number of nitrogens with zero attached hydrogens (tertiary/aromatic N) is 2. The molecule has 0 unspecified atom stereocenters. The zero-order valence-electron chi connectivity index (χ0n) is 14.1. The lowest BCUT2D eigenvalue weighted by Crippen LogP contribution is -2.32. The van der Waals surface area contributed by atoms with Gasteiger partial charge in [-0.15, -0.1) is 0 Å². The maximum Gasteiger partial charge on any atom is 0.292 e. The first-order chi connectivity index (χ1) is 12.3. The molecule has 0 saturated heterocycles. The Morgan fingerprint density at radius 3 is 2.28 bits per heavy atom. The molecule has 0 N–H and O–H groups in total. The first-order valence-electron chi connectivity index (χ1n) is 8.14. The summed E-state index contributed by atoms with van der Waals surface area (Å²) in [6, 6.07) is 21.5. The van der Waals surface area contributed by atoms with Crippen LogP contribution in [-0.2, 0) is 13.0 Å². The van der Waals surface area contributed by atoms with Crippen molar-refractivity contribution in [1.82, 2.24) is 10.1 Å². The first-order valence-corrected chi connectivity index (χ1v) is 8.14. The molecule has 0 aliphatic carbocycles. The first kappa shape index (κ1) is 16.8. The molecule has 3 rings (SSSR count). The summed E-state index contributed by atoms with van der Waals surface area (Å²) in [5.41, 5.74) is 2.25. The van der Waals surface area contributed by atoms with Gasteiger partial charge in [-0.25, -0.2) is 0 Å². The Bertz CT molecular complexity index is 800. The van der Waals surface area contributed by atoms with Gasteiger partial charge in [-0.1, -0.05) is 60.7 Å². The van der Waals surface area contributed by atoms with Gasteiger partial charge in [0.2, 0.25) is 5.76 Å². The summed E-state index contributed by atoms with van der Waals surface area (Å²) in [7, 11) is 1.49. The van der Waals surface area contributed by atoms with Gasteiger partial charge in [0.25, 0.3) is 11.8 Å². The van der Waals surface area contributed by atoms with Crippen molar-refractivity contribution in [2.75, 3.05) is 13.7 Å². The molecule has 0 fully saturated rings. The molecule has 0 aliphatic rings. The van der Waals surface area contributed by atoms with Crippen molar-refractivity contribution < 1.29 is 14.1 Å². The number of methoxy groups -OCH3 is 1. The van der Waals surface area contributed by atoms with Crippen LogP contribution in [0.1, 0.15) is 21.7 Å². The van der Waals surface area contributed by atoms with E-state index < -0.39 is 0 Å². The third kappa shape index (κ3) is 4.47. The van der Waals surface area contributed by atoms with E-state index in [-0.39, 0.29) is 11.7 Å². The molecule has 1 amide bonds. The third-order valence-corrected chi connectivity index (χ3v) is 3.93. The average molecular weight is 336 g/mol. The van der Waals surface area contributed by atoms with E-state index in [1.54, 1.807) is 4.90 Å². The fourth-order valence-corrected chi connectivity index (χ4v) is 2.58. The van der Waals surface area contributed by atoms with Gasteiger partial charge in [0.15, 0.2) is 0 Å². The molecule has 0 radical (unpaired) electrons. The quantitative estimate of drug-likeness (QED) is 0.662. The summed E-state index contributed by atoms with van der Waals surface area (Å²) in [6.45, 7) is 1.09. The molecule has 3 aromatic rings. The highest BCUT2D eigenvalue weighted by atomic mass is 16.5. The molecular weight excluding hydrogens is 316 g/mol. The van der Waals surface area contributed by atoms with E-state index in [0.29, 0.717) is 19.0 Å². The maximum absolute atomic E-state index is 12.8. The molecular formula is C20H20N2O3. The van der Waals surface area contributed by atoms with Gasteiger partial charge < -0.3 is 14.2 Å². The molecule has 1 heterocycles. The fourth-order valence-electron chi connectivity index (χ4n) is 2.58. The normalized spacial score (nSPS) is 10.4. The Labute approximate surface area is 146 Å². The van der Waals surface area contributed by atoms with Crippen molar-refractivity contribution in [3.63, 3.8) is 0 Å². The summed E-state index contributed by atoms with van der Waals surface area (Å²) < 4.78 is 10.1. The molecule has 25 heavy (non-hydrogen) atoms. The molecule has 2 aromatic carbocycles. The molecule has 0 aliphatic heterocycles. The van der Waals surface area contributed by atoms with Crippen molar-refractivity contribution in [1.29, 1.82) is 0 Å². The molecule has 1 aromatic heterocycles. The van der Waals surface area contributed by atoms with Crippen LogP contribution in [0, 0.1) is 0 Å². The fraction of sp³-hybridized carbons (Fsp3) is 0.200. The summed E-state index contributed by atoms with van der Waals surface area (Å²) in [4.78, 5) is 14.6. The third-order valence-electron chi connectivity index (χ3n) is 3.93. The van der Waals surface area contributed by atoms with Gasteiger partial charge >= 0.3 is 0 Å². The van der Waals surface area contributed by atoms with E-state index in [1.807, 2.05) is 48.5 Å². The zero-order chi connectivity index (χ0) is 17.5. The van der Waals surface area contributed by atoms with E-state index >= 15 is 0 Å². The second kappa shape index (κ2) is 8.15. The molecule has 0 spiro atoms. The molecule has 0 atom stereocenters. The van der Waals surface area contributed by atoms with E-state index in [1.165, 1.54) is 18.7 Å². The number of aromatic nitrogens is 1. The number of carbonyl (C=O) groups is 1. The Kier molecular flexibility index (Phi) is 5.46.